The molecule has 1 fully saturated rings. The molecule has 130 valence electrons. The van der Waals surface area contributed by atoms with Crippen molar-refractivity contribution < 1.29 is 13.6 Å². The number of benzene rings is 1. The van der Waals surface area contributed by atoms with Crippen LogP contribution in [0.5, 0.6) is 0 Å². The van der Waals surface area contributed by atoms with Crippen molar-refractivity contribution in [3.63, 3.8) is 0 Å². The molecule has 1 N–H and O–H groups in total. The van der Waals surface area contributed by atoms with Crippen LogP contribution in [0.25, 0.3) is 0 Å². The zero-order valence-corrected chi connectivity index (χ0v) is 13.8. The van der Waals surface area contributed by atoms with E-state index in [1.54, 1.807) is 0 Å². The Morgan fingerprint density at radius 1 is 1.17 bits per heavy atom. The maximum absolute atomic E-state index is 13.2. The Morgan fingerprint density at radius 2 is 1.83 bits per heavy atom. The molecule has 1 aromatic carbocycles. The largest absolute Gasteiger partial charge is 0.325 e. The first-order chi connectivity index (χ1) is 11.5. The maximum atomic E-state index is 13.2. The molecule has 1 amide bonds. The SMILES string of the molecule is CC(C(=O)Nc1ccc(F)c(F)c1)N1CCC(N2CC=CC2)CC1. The fourth-order valence-corrected chi connectivity index (χ4v) is 3.42. The Labute approximate surface area is 141 Å². The van der Waals surface area contributed by atoms with Gasteiger partial charge < -0.3 is 5.32 Å². The molecule has 4 nitrogen and oxygen atoms in total. The first-order valence-corrected chi connectivity index (χ1v) is 8.43. The van der Waals surface area contributed by atoms with E-state index in [1.165, 1.54) is 6.07 Å². The summed E-state index contributed by atoms with van der Waals surface area (Å²) in [5.41, 5.74) is 0.281. The van der Waals surface area contributed by atoms with Crippen LogP contribution in [-0.4, -0.2) is 54.0 Å². The lowest BCUT2D eigenvalue weighted by Crippen LogP contribution is -2.50. The fraction of sp³-hybridized carbons (Fsp3) is 0.500. The van der Waals surface area contributed by atoms with Crippen molar-refractivity contribution in [1.82, 2.24) is 9.80 Å². The summed E-state index contributed by atoms with van der Waals surface area (Å²) in [5.74, 6) is -2.07. The van der Waals surface area contributed by atoms with E-state index < -0.39 is 11.6 Å². The Balaban J connectivity index is 1.51. The molecule has 24 heavy (non-hydrogen) atoms. The number of halogens is 2. The monoisotopic (exact) mass is 335 g/mol. The van der Waals surface area contributed by atoms with Crippen LogP contribution in [0.2, 0.25) is 0 Å². The lowest BCUT2D eigenvalue weighted by Gasteiger charge is -2.38. The number of hydrogen-bond donors (Lipinski definition) is 1. The van der Waals surface area contributed by atoms with Gasteiger partial charge in [-0.3, -0.25) is 14.6 Å². The zero-order chi connectivity index (χ0) is 17.1. The van der Waals surface area contributed by atoms with Gasteiger partial charge >= 0.3 is 0 Å². The van der Waals surface area contributed by atoms with Crippen molar-refractivity contribution in [2.24, 2.45) is 0 Å². The van der Waals surface area contributed by atoms with Gasteiger partial charge in [0, 0.05) is 44.0 Å². The summed E-state index contributed by atoms with van der Waals surface area (Å²) in [7, 11) is 0. The molecule has 0 saturated carbocycles. The van der Waals surface area contributed by atoms with Gasteiger partial charge in [0.15, 0.2) is 11.6 Å². The topological polar surface area (TPSA) is 35.6 Å². The van der Waals surface area contributed by atoms with Gasteiger partial charge in [0.05, 0.1) is 6.04 Å². The molecule has 0 aromatic heterocycles. The second kappa shape index (κ2) is 7.40. The van der Waals surface area contributed by atoms with Gasteiger partial charge in [0.25, 0.3) is 0 Å². The van der Waals surface area contributed by atoms with Crippen molar-refractivity contribution in [3.05, 3.63) is 42.0 Å². The van der Waals surface area contributed by atoms with Crippen LogP contribution in [0.15, 0.2) is 30.4 Å². The van der Waals surface area contributed by atoms with Crippen LogP contribution in [0, 0.1) is 11.6 Å². The van der Waals surface area contributed by atoms with Crippen molar-refractivity contribution >= 4 is 11.6 Å². The van der Waals surface area contributed by atoms with E-state index in [9.17, 15) is 13.6 Å². The highest BCUT2D eigenvalue weighted by molar-refractivity contribution is 5.94. The first kappa shape index (κ1) is 17.0. The van der Waals surface area contributed by atoms with E-state index >= 15 is 0 Å². The first-order valence-electron chi connectivity index (χ1n) is 8.43. The minimum atomic E-state index is -0.958. The molecule has 0 aliphatic carbocycles. The van der Waals surface area contributed by atoms with Gasteiger partial charge in [0.1, 0.15) is 0 Å². The number of likely N-dealkylation sites (tertiary alicyclic amines) is 1. The van der Waals surface area contributed by atoms with Crippen LogP contribution in [0.3, 0.4) is 0 Å². The van der Waals surface area contributed by atoms with Gasteiger partial charge in [-0.15, -0.1) is 0 Å². The molecule has 1 saturated heterocycles. The van der Waals surface area contributed by atoms with E-state index in [0.717, 1.165) is 51.2 Å². The Hall–Kier alpha value is -1.79. The lowest BCUT2D eigenvalue weighted by atomic mass is 10.0. The Kier molecular flexibility index (Phi) is 5.26. The molecule has 1 unspecified atom stereocenters. The highest BCUT2D eigenvalue weighted by atomic mass is 19.2. The van der Waals surface area contributed by atoms with E-state index in [0.29, 0.717) is 6.04 Å². The minimum Gasteiger partial charge on any atom is -0.325 e. The predicted molar refractivity (Wildman–Crippen MR) is 89.8 cm³/mol. The van der Waals surface area contributed by atoms with Crippen LogP contribution in [0.4, 0.5) is 14.5 Å². The second-order valence-electron chi connectivity index (χ2n) is 6.49. The quantitative estimate of drug-likeness (QED) is 0.859. The predicted octanol–water partition coefficient (Wildman–Crippen LogP) is 2.63. The van der Waals surface area contributed by atoms with Gasteiger partial charge in [0.2, 0.25) is 5.91 Å². The number of nitrogens with one attached hydrogen (secondary N) is 1. The smallest absolute Gasteiger partial charge is 0.241 e. The number of piperidine rings is 1. The molecule has 2 aliphatic rings. The van der Waals surface area contributed by atoms with E-state index in [2.05, 4.69) is 27.3 Å². The molecule has 2 heterocycles. The van der Waals surface area contributed by atoms with Crippen LogP contribution in [-0.2, 0) is 4.79 Å². The van der Waals surface area contributed by atoms with Gasteiger partial charge in [-0.2, -0.15) is 0 Å². The molecule has 2 aliphatic heterocycles. The summed E-state index contributed by atoms with van der Waals surface area (Å²) in [5, 5.41) is 2.67. The summed E-state index contributed by atoms with van der Waals surface area (Å²) < 4.78 is 26.2. The summed E-state index contributed by atoms with van der Waals surface area (Å²) in [6.07, 6.45) is 6.49. The molecule has 0 radical (unpaired) electrons. The average molecular weight is 335 g/mol. The Morgan fingerprint density at radius 3 is 2.46 bits per heavy atom. The summed E-state index contributed by atoms with van der Waals surface area (Å²) in [4.78, 5) is 17.0. The van der Waals surface area contributed by atoms with E-state index in [1.807, 2.05) is 6.92 Å². The average Bonchev–Trinajstić information content (AvgIpc) is 3.12. The van der Waals surface area contributed by atoms with Gasteiger partial charge in [-0.05, 0) is 31.9 Å². The van der Waals surface area contributed by atoms with Crippen LogP contribution < -0.4 is 5.32 Å². The summed E-state index contributed by atoms with van der Waals surface area (Å²) in [6, 6.07) is 3.68. The molecule has 0 bridgehead atoms. The normalized spacial score (nSPS) is 21.1. The van der Waals surface area contributed by atoms with Crippen LogP contribution >= 0.6 is 0 Å². The van der Waals surface area contributed by atoms with Crippen LogP contribution in [0.1, 0.15) is 19.8 Å². The molecular formula is C18H23F2N3O. The summed E-state index contributed by atoms with van der Waals surface area (Å²) in [6.45, 7) is 5.64. The molecule has 1 atom stereocenters. The number of nitrogens with zero attached hydrogens (tertiary/aromatic N) is 2. The van der Waals surface area contributed by atoms with Gasteiger partial charge in [-0.1, -0.05) is 12.2 Å². The molecular weight excluding hydrogens is 312 g/mol. The number of hydrogen-bond acceptors (Lipinski definition) is 3. The number of carbonyl (C=O) groups excluding carboxylic acids is 1. The fourth-order valence-electron chi connectivity index (χ4n) is 3.42. The second-order valence-corrected chi connectivity index (χ2v) is 6.49. The zero-order valence-electron chi connectivity index (χ0n) is 13.8. The third-order valence-corrected chi connectivity index (χ3v) is 4.98. The molecule has 3 rings (SSSR count). The molecule has 6 heteroatoms. The molecule has 1 aromatic rings. The lowest BCUT2D eigenvalue weighted by molar-refractivity contribution is -0.121. The van der Waals surface area contributed by atoms with Crippen molar-refractivity contribution in [2.45, 2.75) is 31.8 Å². The highest BCUT2D eigenvalue weighted by Gasteiger charge is 2.29. The van der Waals surface area contributed by atoms with Gasteiger partial charge in [-0.25, -0.2) is 8.78 Å². The van der Waals surface area contributed by atoms with Crippen molar-refractivity contribution in [1.29, 1.82) is 0 Å². The third-order valence-electron chi connectivity index (χ3n) is 4.98. The number of amides is 1. The number of anilines is 1. The number of carbonyl (C=O) groups is 1. The third kappa shape index (κ3) is 3.82. The number of rotatable bonds is 4. The molecule has 0 spiro atoms. The minimum absolute atomic E-state index is 0.192. The maximum Gasteiger partial charge on any atom is 0.241 e. The summed E-state index contributed by atoms with van der Waals surface area (Å²) >= 11 is 0. The highest BCUT2D eigenvalue weighted by Crippen LogP contribution is 2.21. The van der Waals surface area contributed by atoms with E-state index in [-0.39, 0.29) is 17.6 Å². The van der Waals surface area contributed by atoms with Crippen molar-refractivity contribution in [3.8, 4) is 0 Å². The Bertz CT molecular complexity index is 619. The van der Waals surface area contributed by atoms with E-state index in [4.69, 9.17) is 0 Å². The van der Waals surface area contributed by atoms with Crippen molar-refractivity contribution in [2.75, 3.05) is 31.5 Å². The standard InChI is InChI=1S/C18H23F2N3O/c1-13(18(24)21-14-4-5-16(19)17(20)12-14)22-10-6-15(7-11-22)23-8-2-3-9-23/h2-5,12-13,15H,6-11H2,1H3,(H,21,24).